The van der Waals surface area contributed by atoms with Gasteiger partial charge in [-0.15, -0.1) is 0 Å². The zero-order valence-corrected chi connectivity index (χ0v) is 11.8. The molecule has 1 aliphatic rings. The highest BCUT2D eigenvalue weighted by Crippen LogP contribution is 2.28. The van der Waals surface area contributed by atoms with Crippen LogP contribution in [0.5, 0.6) is 5.75 Å². The van der Waals surface area contributed by atoms with E-state index < -0.39 is 0 Å². The van der Waals surface area contributed by atoms with Crippen LogP contribution in [0.2, 0.25) is 5.02 Å². The Balaban J connectivity index is 1.97. The molecule has 1 aliphatic heterocycles. The first-order valence-electron chi connectivity index (χ1n) is 6.51. The molecule has 2 N–H and O–H groups in total. The topological polar surface area (TPSA) is 33.3 Å². The van der Waals surface area contributed by atoms with E-state index in [2.05, 4.69) is 17.6 Å². The molecule has 0 amide bonds. The van der Waals surface area contributed by atoms with Crippen molar-refractivity contribution in [2.24, 2.45) is 5.92 Å². The van der Waals surface area contributed by atoms with E-state index in [1.165, 1.54) is 12.8 Å². The molecule has 100 valence electrons. The van der Waals surface area contributed by atoms with Crippen molar-refractivity contribution in [3.63, 3.8) is 0 Å². The van der Waals surface area contributed by atoms with Crippen LogP contribution in [0.1, 0.15) is 19.8 Å². The molecule has 3 nitrogen and oxygen atoms in total. The quantitative estimate of drug-likeness (QED) is 0.880. The third-order valence-electron chi connectivity index (χ3n) is 3.64. The lowest BCUT2D eigenvalue weighted by atomic mass is 9.91. The number of methoxy groups -OCH3 is 1. The van der Waals surface area contributed by atoms with E-state index in [0.717, 1.165) is 30.4 Å². The highest BCUT2D eigenvalue weighted by molar-refractivity contribution is 6.32. The summed E-state index contributed by atoms with van der Waals surface area (Å²) in [5, 5.41) is 7.58. The Morgan fingerprint density at radius 3 is 2.72 bits per heavy atom. The summed E-state index contributed by atoms with van der Waals surface area (Å²) in [5.74, 6) is 1.45. The lowest BCUT2D eigenvalue weighted by Gasteiger charge is -2.29. The predicted molar refractivity (Wildman–Crippen MR) is 76.7 cm³/mol. The maximum Gasteiger partial charge on any atom is 0.137 e. The van der Waals surface area contributed by atoms with Crippen LogP contribution in [0.15, 0.2) is 18.2 Å². The number of ether oxygens (including phenoxy) is 1. The summed E-state index contributed by atoms with van der Waals surface area (Å²) in [7, 11) is 1.63. The maximum atomic E-state index is 6.12. The number of hydrogen-bond acceptors (Lipinski definition) is 3. The number of halogens is 1. The molecular weight excluding hydrogens is 248 g/mol. The van der Waals surface area contributed by atoms with Gasteiger partial charge < -0.3 is 15.4 Å². The van der Waals surface area contributed by atoms with Gasteiger partial charge in [-0.3, -0.25) is 0 Å². The second kappa shape index (κ2) is 6.30. The second-order valence-electron chi connectivity index (χ2n) is 4.87. The Hall–Kier alpha value is -0.930. The Bertz CT molecular complexity index is 391. The van der Waals surface area contributed by atoms with Crippen molar-refractivity contribution in [3.8, 4) is 5.75 Å². The number of piperidine rings is 1. The standard InChI is InChI=1S/C14H21ClN2O/c1-10(11-5-7-16-8-6-11)17-12-3-4-14(18-2)13(15)9-12/h3-4,9-11,16-17H,5-8H2,1-2H3. The molecular formula is C14H21ClN2O. The fraction of sp³-hybridized carbons (Fsp3) is 0.571. The van der Waals surface area contributed by atoms with E-state index in [-0.39, 0.29) is 0 Å². The van der Waals surface area contributed by atoms with Gasteiger partial charge in [0.1, 0.15) is 5.75 Å². The smallest absolute Gasteiger partial charge is 0.137 e. The second-order valence-corrected chi connectivity index (χ2v) is 5.28. The zero-order chi connectivity index (χ0) is 13.0. The van der Waals surface area contributed by atoms with Gasteiger partial charge in [-0.05, 0) is 57.0 Å². The summed E-state index contributed by atoms with van der Waals surface area (Å²) < 4.78 is 5.15. The molecule has 1 aromatic rings. The number of nitrogens with one attached hydrogen (secondary N) is 2. The van der Waals surface area contributed by atoms with Crippen LogP contribution in [0, 0.1) is 5.92 Å². The molecule has 0 saturated carbocycles. The minimum Gasteiger partial charge on any atom is -0.495 e. The average Bonchev–Trinajstić information content (AvgIpc) is 2.40. The van der Waals surface area contributed by atoms with Crippen molar-refractivity contribution in [1.82, 2.24) is 5.32 Å². The Morgan fingerprint density at radius 2 is 2.11 bits per heavy atom. The molecule has 4 heteroatoms. The Morgan fingerprint density at radius 1 is 1.39 bits per heavy atom. The van der Waals surface area contributed by atoms with Gasteiger partial charge in [0, 0.05) is 11.7 Å². The summed E-state index contributed by atoms with van der Waals surface area (Å²) >= 11 is 6.12. The molecule has 1 fully saturated rings. The molecule has 1 heterocycles. The third kappa shape index (κ3) is 3.30. The van der Waals surface area contributed by atoms with Crippen LogP contribution in [0.3, 0.4) is 0 Å². The van der Waals surface area contributed by atoms with E-state index in [1.54, 1.807) is 7.11 Å². The molecule has 2 rings (SSSR count). The van der Waals surface area contributed by atoms with Crippen molar-refractivity contribution in [2.45, 2.75) is 25.8 Å². The minimum atomic E-state index is 0.469. The Labute approximate surface area is 114 Å². The fourth-order valence-electron chi connectivity index (χ4n) is 2.48. The average molecular weight is 269 g/mol. The van der Waals surface area contributed by atoms with Gasteiger partial charge >= 0.3 is 0 Å². The van der Waals surface area contributed by atoms with E-state index in [1.807, 2.05) is 18.2 Å². The predicted octanol–water partition coefficient (Wildman–Crippen LogP) is 3.15. The van der Waals surface area contributed by atoms with Gasteiger partial charge in [0.05, 0.1) is 12.1 Å². The third-order valence-corrected chi connectivity index (χ3v) is 3.93. The van der Waals surface area contributed by atoms with Gasteiger partial charge in [-0.1, -0.05) is 11.6 Å². The first-order chi connectivity index (χ1) is 8.70. The van der Waals surface area contributed by atoms with E-state index >= 15 is 0 Å². The molecule has 18 heavy (non-hydrogen) atoms. The fourth-order valence-corrected chi connectivity index (χ4v) is 2.74. The molecule has 1 unspecified atom stereocenters. The summed E-state index contributed by atoms with van der Waals surface area (Å²) in [6.07, 6.45) is 2.47. The summed E-state index contributed by atoms with van der Waals surface area (Å²) in [6.45, 7) is 4.49. The van der Waals surface area contributed by atoms with Crippen LogP contribution in [0.25, 0.3) is 0 Å². The number of benzene rings is 1. The van der Waals surface area contributed by atoms with Crippen molar-refractivity contribution in [1.29, 1.82) is 0 Å². The Kier molecular flexibility index (Phi) is 4.72. The van der Waals surface area contributed by atoms with E-state index in [9.17, 15) is 0 Å². The SMILES string of the molecule is COc1ccc(NC(C)C2CCNCC2)cc1Cl. The van der Waals surface area contributed by atoms with Crippen molar-refractivity contribution >= 4 is 17.3 Å². The lowest BCUT2D eigenvalue weighted by molar-refractivity contribution is 0.343. The molecule has 0 bridgehead atoms. The van der Waals surface area contributed by atoms with Crippen molar-refractivity contribution < 1.29 is 4.74 Å². The molecule has 1 saturated heterocycles. The van der Waals surface area contributed by atoms with E-state index in [0.29, 0.717) is 11.1 Å². The molecule has 0 radical (unpaired) electrons. The van der Waals surface area contributed by atoms with Gasteiger partial charge in [0.25, 0.3) is 0 Å². The normalized spacial score (nSPS) is 18.4. The monoisotopic (exact) mass is 268 g/mol. The first-order valence-corrected chi connectivity index (χ1v) is 6.89. The summed E-state index contributed by atoms with van der Waals surface area (Å²) in [6, 6.07) is 6.32. The zero-order valence-electron chi connectivity index (χ0n) is 11.0. The summed E-state index contributed by atoms with van der Waals surface area (Å²) in [5.41, 5.74) is 1.06. The highest BCUT2D eigenvalue weighted by atomic mass is 35.5. The molecule has 0 spiro atoms. The minimum absolute atomic E-state index is 0.469. The van der Waals surface area contributed by atoms with Crippen LogP contribution in [-0.2, 0) is 0 Å². The van der Waals surface area contributed by atoms with Crippen LogP contribution >= 0.6 is 11.6 Å². The van der Waals surface area contributed by atoms with Crippen LogP contribution in [-0.4, -0.2) is 26.2 Å². The van der Waals surface area contributed by atoms with Gasteiger partial charge in [-0.25, -0.2) is 0 Å². The number of anilines is 1. The molecule has 1 atom stereocenters. The van der Waals surface area contributed by atoms with E-state index in [4.69, 9.17) is 16.3 Å². The van der Waals surface area contributed by atoms with Crippen molar-refractivity contribution in [2.75, 3.05) is 25.5 Å². The number of hydrogen-bond donors (Lipinski definition) is 2. The van der Waals surface area contributed by atoms with Gasteiger partial charge in [-0.2, -0.15) is 0 Å². The largest absolute Gasteiger partial charge is 0.495 e. The van der Waals surface area contributed by atoms with Gasteiger partial charge in [0.15, 0.2) is 0 Å². The first kappa shape index (κ1) is 13.5. The molecule has 0 aliphatic carbocycles. The van der Waals surface area contributed by atoms with Crippen molar-refractivity contribution in [3.05, 3.63) is 23.2 Å². The number of rotatable bonds is 4. The lowest BCUT2D eigenvalue weighted by Crippen LogP contribution is -2.36. The molecule has 0 aromatic heterocycles. The van der Waals surface area contributed by atoms with Gasteiger partial charge in [0.2, 0.25) is 0 Å². The summed E-state index contributed by atoms with van der Waals surface area (Å²) in [4.78, 5) is 0. The maximum absolute atomic E-state index is 6.12. The van der Waals surface area contributed by atoms with Crippen LogP contribution < -0.4 is 15.4 Å². The van der Waals surface area contributed by atoms with Crippen LogP contribution in [0.4, 0.5) is 5.69 Å². The molecule has 1 aromatic carbocycles. The highest BCUT2D eigenvalue weighted by Gasteiger charge is 2.19.